The number of amides is 2. The fraction of sp³-hybridized carbons (Fsp3) is 0.857. The van der Waals surface area contributed by atoms with Gasteiger partial charge in [0.2, 0.25) is 0 Å². The first-order valence-electron chi connectivity index (χ1n) is 7.46. The molecule has 1 heterocycles. The topological polar surface area (TPSA) is 61.4 Å². The minimum absolute atomic E-state index is 0.366. The fourth-order valence-corrected chi connectivity index (χ4v) is 3.02. The van der Waals surface area contributed by atoms with Crippen LogP contribution < -0.4 is 10.6 Å². The van der Waals surface area contributed by atoms with Crippen molar-refractivity contribution in [2.45, 2.75) is 32.6 Å². The summed E-state index contributed by atoms with van der Waals surface area (Å²) in [6.45, 7) is 5.89. The van der Waals surface area contributed by atoms with Gasteiger partial charge in [0, 0.05) is 26.2 Å². The molecule has 1 saturated heterocycles. The Hall–Kier alpha value is -1.10. The van der Waals surface area contributed by atoms with E-state index in [0.29, 0.717) is 31.5 Å². The van der Waals surface area contributed by atoms with Crippen molar-refractivity contribution >= 4 is 11.8 Å². The molecule has 2 aliphatic rings. The summed E-state index contributed by atoms with van der Waals surface area (Å²) in [6, 6.07) is 0. The van der Waals surface area contributed by atoms with Crippen LogP contribution in [0.1, 0.15) is 32.6 Å². The Morgan fingerprint density at radius 1 is 1.21 bits per heavy atom. The fourth-order valence-electron chi connectivity index (χ4n) is 3.02. The van der Waals surface area contributed by atoms with Crippen LogP contribution in [0, 0.1) is 11.8 Å². The molecule has 1 saturated carbocycles. The normalized spacial score (nSPS) is 27.9. The lowest BCUT2D eigenvalue weighted by atomic mass is 9.98. The zero-order valence-electron chi connectivity index (χ0n) is 11.8. The lowest BCUT2D eigenvalue weighted by Crippen LogP contribution is -2.45. The maximum absolute atomic E-state index is 12.0. The molecule has 2 fully saturated rings. The van der Waals surface area contributed by atoms with E-state index in [1.165, 1.54) is 19.3 Å². The van der Waals surface area contributed by atoms with E-state index in [4.69, 9.17) is 0 Å². The molecular weight excluding hydrogens is 242 g/mol. The third kappa shape index (κ3) is 3.93. The molecule has 19 heavy (non-hydrogen) atoms. The first-order chi connectivity index (χ1) is 9.18. The van der Waals surface area contributed by atoms with Crippen molar-refractivity contribution in [2.24, 2.45) is 11.8 Å². The van der Waals surface area contributed by atoms with Gasteiger partial charge in [-0.2, -0.15) is 0 Å². The van der Waals surface area contributed by atoms with E-state index in [9.17, 15) is 9.59 Å². The number of nitrogens with one attached hydrogen (secondary N) is 2. The Labute approximate surface area is 115 Å². The molecule has 0 aromatic rings. The van der Waals surface area contributed by atoms with Gasteiger partial charge in [-0.25, -0.2) is 0 Å². The molecule has 2 N–H and O–H groups in total. The third-order valence-corrected chi connectivity index (χ3v) is 4.39. The standard InChI is InChI=1S/C14H25N3O2/c1-11-4-2-5-12(11)10-16-13(18)14(19)17-8-3-6-15-7-9-17/h11-12,15H,2-10H2,1H3,(H,16,18). The zero-order valence-corrected chi connectivity index (χ0v) is 11.8. The summed E-state index contributed by atoms with van der Waals surface area (Å²) >= 11 is 0. The van der Waals surface area contributed by atoms with Gasteiger partial charge >= 0.3 is 11.8 Å². The second-order valence-corrected chi connectivity index (χ2v) is 5.77. The van der Waals surface area contributed by atoms with Crippen LogP contribution in [0.3, 0.4) is 0 Å². The molecule has 2 rings (SSSR count). The Kier molecular flexibility index (Phi) is 5.19. The van der Waals surface area contributed by atoms with Crippen LogP contribution >= 0.6 is 0 Å². The van der Waals surface area contributed by atoms with Crippen LogP contribution in [0.15, 0.2) is 0 Å². The van der Waals surface area contributed by atoms with Crippen LogP contribution in [-0.2, 0) is 9.59 Å². The largest absolute Gasteiger partial charge is 0.348 e. The summed E-state index contributed by atoms with van der Waals surface area (Å²) in [7, 11) is 0. The Morgan fingerprint density at radius 2 is 2.05 bits per heavy atom. The highest BCUT2D eigenvalue weighted by atomic mass is 16.2. The van der Waals surface area contributed by atoms with Gasteiger partial charge in [-0.1, -0.05) is 19.8 Å². The number of nitrogens with zero attached hydrogens (tertiary/aromatic N) is 1. The molecule has 0 bridgehead atoms. The third-order valence-electron chi connectivity index (χ3n) is 4.39. The van der Waals surface area contributed by atoms with E-state index < -0.39 is 5.91 Å². The SMILES string of the molecule is CC1CCCC1CNC(=O)C(=O)N1CCCNCC1. The highest BCUT2D eigenvalue weighted by Gasteiger charge is 2.26. The monoisotopic (exact) mass is 267 g/mol. The molecule has 5 heteroatoms. The molecule has 2 amide bonds. The molecule has 0 spiro atoms. The smallest absolute Gasteiger partial charge is 0.311 e. The van der Waals surface area contributed by atoms with E-state index in [2.05, 4.69) is 17.6 Å². The van der Waals surface area contributed by atoms with Gasteiger partial charge in [0.15, 0.2) is 0 Å². The van der Waals surface area contributed by atoms with Gasteiger partial charge in [-0.05, 0) is 31.2 Å². The van der Waals surface area contributed by atoms with Gasteiger partial charge in [0.25, 0.3) is 0 Å². The van der Waals surface area contributed by atoms with E-state index in [-0.39, 0.29) is 5.91 Å². The number of carbonyl (C=O) groups excluding carboxylic acids is 2. The van der Waals surface area contributed by atoms with Crippen LogP contribution in [0.5, 0.6) is 0 Å². The van der Waals surface area contributed by atoms with Gasteiger partial charge in [-0.15, -0.1) is 0 Å². The van der Waals surface area contributed by atoms with E-state index in [1.54, 1.807) is 4.90 Å². The summed E-state index contributed by atoms with van der Waals surface area (Å²) in [5, 5.41) is 6.05. The van der Waals surface area contributed by atoms with E-state index >= 15 is 0 Å². The second kappa shape index (κ2) is 6.89. The maximum atomic E-state index is 12.0. The first-order valence-corrected chi connectivity index (χ1v) is 7.46. The van der Waals surface area contributed by atoms with Crippen molar-refractivity contribution < 1.29 is 9.59 Å². The van der Waals surface area contributed by atoms with Crippen molar-refractivity contribution in [3.63, 3.8) is 0 Å². The highest BCUT2D eigenvalue weighted by molar-refractivity contribution is 6.35. The predicted octanol–water partition coefficient (Wildman–Crippen LogP) is 0.361. The van der Waals surface area contributed by atoms with E-state index in [0.717, 1.165) is 19.5 Å². The molecule has 0 radical (unpaired) electrons. The van der Waals surface area contributed by atoms with Gasteiger partial charge in [0.1, 0.15) is 0 Å². The minimum Gasteiger partial charge on any atom is -0.348 e. The van der Waals surface area contributed by atoms with Crippen LogP contribution in [0.2, 0.25) is 0 Å². The Balaban J connectivity index is 1.76. The summed E-state index contributed by atoms with van der Waals surface area (Å²) in [5.74, 6) is 0.413. The average molecular weight is 267 g/mol. The molecule has 1 aliphatic carbocycles. The molecule has 5 nitrogen and oxygen atoms in total. The van der Waals surface area contributed by atoms with Gasteiger partial charge in [-0.3, -0.25) is 9.59 Å². The maximum Gasteiger partial charge on any atom is 0.311 e. The average Bonchev–Trinajstić information content (AvgIpc) is 2.68. The molecule has 2 atom stereocenters. The lowest BCUT2D eigenvalue weighted by Gasteiger charge is -2.20. The van der Waals surface area contributed by atoms with Gasteiger partial charge < -0.3 is 15.5 Å². The minimum atomic E-state index is -0.430. The molecule has 1 aliphatic heterocycles. The Morgan fingerprint density at radius 3 is 2.79 bits per heavy atom. The number of hydrogen-bond donors (Lipinski definition) is 2. The van der Waals surface area contributed by atoms with Crippen LogP contribution in [0.25, 0.3) is 0 Å². The van der Waals surface area contributed by atoms with E-state index in [1.807, 2.05) is 0 Å². The molecule has 0 aromatic heterocycles. The van der Waals surface area contributed by atoms with Crippen LogP contribution in [-0.4, -0.2) is 49.4 Å². The number of carbonyl (C=O) groups is 2. The molecular formula is C14H25N3O2. The van der Waals surface area contributed by atoms with Crippen molar-refractivity contribution in [1.82, 2.24) is 15.5 Å². The molecule has 2 unspecified atom stereocenters. The van der Waals surface area contributed by atoms with Crippen molar-refractivity contribution in [3.8, 4) is 0 Å². The second-order valence-electron chi connectivity index (χ2n) is 5.77. The van der Waals surface area contributed by atoms with Crippen molar-refractivity contribution in [2.75, 3.05) is 32.7 Å². The number of rotatable bonds is 2. The molecule has 0 aromatic carbocycles. The van der Waals surface area contributed by atoms with Crippen LogP contribution in [0.4, 0.5) is 0 Å². The quantitative estimate of drug-likeness (QED) is 0.710. The summed E-state index contributed by atoms with van der Waals surface area (Å²) < 4.78 is 0. The summed E-state index contributed by atoms with van der Waals surface area (Å²) in [5.41, 5.74) is 0. The summed E-state index contributed by atoms with van der Waals surface area (Å²) in [6.07, 6.45) is 4.57. The van der Waals surface area contributed by atoms with Crippen molar-refractivity contribution in [1.29, 1.82) is 0 Å². The van der Waals surface area contributed by atoms with Crippen molar-refractivity contribution in [3.05, 3.63) is 0 Å². The zero-order chi connectivity index (χ0) is 13.7. The highest BCUT2D eigenvalue weighted by Crippen LogP contribution is 2.30. The van der Waals surface area contributed by atoms with Gasteiger partial charge in [0.05, 0.1) is 0 Å². The molecule has 108 valence electrons. The lowest BCUT2D eigenvalue weighted by molar-refractivity contribution is -0.145. The number of hydrogen-bond acceptors (Lipinski definition) is 3. The summed E-state index contributed by atoms with van der Waals surface area (Å²) in [4.78, 5) is 25.6. The first kappa shape index (κ1) is 14.3. The Bertz CT molecular complexity index is 325. The predicted molar refractivity (Wildman–Crippen MR) is 73.6 cm³/mol.